The predicted molar refractivity (Wildman–Crippen MR) is 74.2 cm³/mol. The van der Waals surface area contributed by atoms with E-state index in [4.69, 9.17) is 11.6 Å². The summed E-state index contributed by atoms with van der Waals surface area (Å²) >= 11 is 6.03. The number of halogens is 2. The second kappa shape index (κ2) is 6.03. The van der Waals surface area contributed by atoms with Crippen molar-refractivity contribution in [1.29, 1.82) is 0 Å². The van der Waals surface area contributed by atoms with Gasteiger partial charge >= 0.3 is 0 Å². The van der Waals surface area contributed by atoms with Gasteiger partial charge in [-0.05, 0) is 48.8 Å². The van der Waals surface area contributed by atoms with Crippen molar-refractivity contribution in [1.82, 2.24) is 5.32 Å². The molecule has 0 amide bonds. The van der Waals surface area contributed by atoms with Crippen molar-refractivity contribution in [2.24, 2.45) is 11.8 Å². The molecular formula is C15H21ClFN. The van der Waals surface area contributed by atoms with E-state index in [0.717, 1.165) is 18.0 Å². The highest BCUT2D eigenvalue weighted by molar-refractivity contribution is 6.31. The van der Waals surface area contributed by atoms with Gasteiger partial charge in [-0.2, -0.15) is 0 Å². The normalized spacial score (nSPS) is 28.3. The SMILES string of the molecule is CC1CCC(NCc2ccc(F)cc2Cl)C(C)C1. The fraction of sp³-hybridized carbons (Fsp3) is 0.600. The zero-order chi connectivity index (χ0) is 13.1. The summed E-state index contributed by atoms with van der Waals surface area (Å²) in [7, 11) is 0. The fourth-order valence-electron chi connectivity index (χ4n) is 2.87. The average Bonchev–Trinajstić information content (AvgIpc) is 2.30. The molecule has 1 fully saturated rings. The van der Waals surface area contributed by atoms with Crippen LogP contribution in [0.4, 0.5) is 4.39 Å². The van der Waals surface area contributed by atoms with Gasteiger partial charge < -0.3 is 5.32 Å². The van der Waals surface area contributed by atoms with Crippen molar-refractivity contribution >= 4 is 11.6 Å². The third kappa shape index (κ3) is 3.46. The van der Waals surface area contributed by atoms with Gasteiger partial charge in [-0.15, -0.1) is 0 Å². The molecule has 3 heteroatoms. The van der Waals surface area contributed by atoms with Crippen LogP contribution in [0.2, 0.25) is 5.02 Å². The Morgan fingerprint density at radius 1 is 1.33 bits per heavy atom. The third-order valence-electron chi connectivity index (χ3n) is 4.00. The first-order valence-electron chi connectivity index (χ1n) is 6.73. The van der Waals surface area contributed by atoms with E-state index >= 15 is 0 Å². The van der Waals surface area contributed by atoms with Gasteiger partial charge in [0.25, 0.3) is 0 Å². The molecule has 2 rings (SSSR count). The van der Waals surface area contributed by atoms with Gasteiger partial charge in [0.05, 0.1) is 0 Å². The summed E-state index contributed by atoms with van der Waals surface area (Å²) in [5, 5.41) is 4.07. The minimum absolute atomic E-state index is 0.274. The summed E-state index contributed by atoms with van der Waals surface area (Å²) in [6, 6.07) is 5.17. The number of benzene rings is 1. The smallest absolute Gasteiger partial charge is 0.124 e. The molecule has 0 spiro atoms. The summed E-state index contributed by atoms with van der Waals surface area (Å²) in [6.45, 7) is 5.35. The van der Waals surface area contributed by atoms with E-state index in [9.17, 15) is 4.39 Å². The molecule has 0 aromatic heterocycles. The van der Waals surface area contributed by atoms with Crippen LogP contribution in [0.3, 0.4) is 0 Å². The van der Waals surface area contributed by atoms with Gasteiger partial charge in [-0.1, -0.05) is 31.5 Å². The maximum atomic E-state index is 12.9. The lowest BCUT2D eigenvalue weighted by molar-refractivity contribution is 0.227. The second-order valence-electron chi connectivity index (χ2n) is 5.62. The molecule has 0 saturated heterocycles. The van der Waals surface area contributed by atoms with Gasteiger partial charge in [-0.25, -0.2) is 4.39 Å². The molecule has 1 aliphatic carbocycles. The van der Waals surface area contributed by atoms with Gasteiger partial charge in [0.1, 0.15) is 5.82 Å². The maximum absolute atomic E-state index is 12.9. The van der Waals surface area contributed by atoms with E-state index in [1.165, 1.54) is 31.4 Å². The Kier molecular flexibility index (Phi) is 4.63. The van der Waals surface area contributed by atoms with Crippen LogP contribution in [-0.2, 0) is 6.54 Å². The Balaban J connectivity index is 1.91. The van der Waals surface area contributed by atoms with Crippen molar-refractivity contribution < 1.29 is 4.39 Å². The lowest BCUT2D eigenvalue weighted by Crippen LogP contribution is -2.38. The monoisotopic (exact) mass is 269 g/mol. The molecule has 3 atom stereocenters. The number of hydrogen-bond acceptors (Lipinski definition) is 1. The highest BCUT2D eigenvalue weighted by Gasteiger charge is 2.24. The summed E-state index contributed by atoms with van der Waals surface area (Å²) in [6.07, 6.45) is 3.80. The lowest BCUT2D eigenvalue weighted by atomic mass is 9.80. The van der Waals surface area contributed by atoms with Crippen LogP contribution in [0.15, 0.2) is 18.2 Å². The predicted octanol–water partition coefficient (Wildman–Crippen LogP) is 4.39. The molecule has 1 aliphatic rings. The van der Waals surface area contributed by atoms with Crippen molar-refractivity contribution in [2.45, 2.75) is 45.7 Å². The molecule has 3 unspecified atom stereocenters. The molecule has 100 valence electrons. The molecular weight excluding hydrogens is 249 g/mol. The highest BCUT2D eigenvalue weighted by Crippen LogP contribution is 2.29. The first-order valence-corrected chi connectivity index (χ1v) is 7.11. The van der Waals surface area contributed by atoms with Crippen LogP contribution in [0, 0.1) is 17.7 Å². The molecule has 0 radical (unpaired) electrons. The molecule has 0 bridgehead atoms. The van der Waals surface area contributed by atoms with Crippen LogP contribution in [0.1, 0.15) is 38.7 Å². The summed E-state index contributed by atoms with van der Waals surface area (Å²) in [4.78, 5) is 0. The first-order chi connectivity index (χ1) is 8.56. The maximum Gasteiger partial charge on any atom is 0.124 e. The standard InChI is InChI=1S/C15H21ClFN/c1-10-3-6-15(11(2)7-10)18-9-12-4-5-13(17)8-14(12)16/h4-5,8,10-11,15,18H,3,6-7,9H2,1-2H3. The Morgan fingerprint density at radius 2 is 2.11 bits per heavy atom. The van der Waals surface area contributed by atoms with E-state index in [1.54, 1.807) is 6.07 Å². The summed E-state index contributed by atoms with van der Waals surface area (Å²) in [5.74, 6) is 1.27. The minimum Gasteiger partial charge on any atom is -0.310 e. The lowest BCUT2D eigenvalue weighted by Gasteiger charge is -2.33. The zero-order valence-corrected chi connectivity index (χ0v) is 11.8. The van der Waals surface area contributed by atoms with Crippen LogP contribution in [-0.4, -0.2) is 6.04 Å². The van der Waals surface area contributed by atoms with Crippen molar-refractivity contribution in [3.63, 3.8) is 0 Å². The van der Waals surface area contributed by atoms with E-state index in [2.05, 4.69) is 19.2 Å². The highest BCUT2D eigenvalue weighted by atomic mass is 35.5. The van der Waals surface area contributed by atoms with Gasteiger partial charge in [0, 0.05) is 17.6 Å². The molecule has 1 nitrogen and oxygen atoms in total. The summed E-state index contributed by atoms with van der Waals surface area (Å²) < 4.78 is 12.9. The van der Waals surface area contributed by atoms with Crippen LogP contribution < -0.4 is 5.32 Å². The van der Waals surface area contributed by atoms with Crippen LogP contribution >= 0.6 is 11.6 Å². The van der Waals surface area contributed by atoms with Crippen molar-refractivity contribution in [3.05, 3.63) is 34.6 Å². The Hall–Kier alpha value is -0.600. The Bertz CT molecular complexity index is 407. The minimum atomic E-state index is -0.274. The second-order valence-corrected chi connectivity index (χ2v) is 6.03. The Morgan fingerprint density at radius 3 is 2.78 bits per heavy atom. The molecule has 1 aromatic rings. The van der Waals surface area contributed by atoms with Crippen molar-refractivity contribution in [2.75, 3.05) is 0 Å². The van der Waals surface area contributed by atoms with E-state index in [0.29, 0.717) is 17.0 Å². The molecule has 1 N–H and O–H groups in total. The number of nitrogens with one attached hydrogen (secondary N) is 1. The quantitative estimate of drug-likeness (QED) is 0.858. The van der Waals surface area contributed by atoms with E-state index in [-0.39, 0.29) is 5.82 Å². The van der Waals surface area contributed by atoms with E-state index in [1.807, 2.05) is 0 Å². The number of rotatable bonds is 3. The molecule has 0 aliphatic heterocycles. The first kappa shape index (κ1) is 13.8. The largest absolute Gasteiger partial charge is 0.310 e. The molecule has 1 aromatic carbocycles. The molecule has 0 heterocycles. The van der Waals surface area contributed by atoms with Gasteiger partial charge in [0.2, 0.25) is 0 Å². The average molecular weight is 270 g/mol. The summed E-state index contributed by atoms with van der Waals surface area (Å²) in [5.41, 5.74) is 0.976. The van der Waals surface area contributed by atoms with Crippen molar-refractivity contribution in [3.8, 4) is 0 Å². The fourth-order valence-corrected chi connectivity index (χ4v) is 3.11. The van der Waals surface area contributed by atoms with Gasteiger partial charge in [-0.3, -0.25) is 0 Å². The topological polar surface area (TPSA) is 12.0 Å². The van der Waals surface area contributed by atoms with E-state index < -0.39 is 0 Å². The third-order valence-corrected chi connectivity index (χ3v) is 4.35. The van der Waals surface area contributed by atoms with Crippen LogP contribution in [0.5, 0.6) is 0 Å². The Labute approximate surface area is 114 Å². The zero-order valence-electron chi connectivity index (χ0n) is 11.0. The molecule has 18 heavy (non-hydrogen) atoms. The molecule has 1 saturated carbocycles. The van der Waals surface area contributed by atoms with Crippen LogP contribution in [0.25, 0.3) is 0 Å². The van der Waals surface area contributed by atoms with Gasteiger partial charge in [0.15, 0.2) is 0 Å². The number of hydrogen-bond donors (Lipinski definition) is 1.